The Bertz CT molecular complexity index is 735. The fourth-order valence-electron chi connectivity index (χ4n) is 2.47. The molecule has 0 spiro atoms. The topological polar surface area (TPSA) is 49.0 Å². The van der Waals surface area contributed by atoms with Crippen LogP contribution in [0.1, 0.15) is 11.1 Å². The van der Waals surface area contributed by atoms with E-state index < -0.39 is 6.36 Å². The lowest BCUT2D eigenvalue weighted by molar-refractivity contribution is -0.275. The van der Waals surface area contributed by atoms with Gasteiger partial charge < -0.3 is 24.3 Å². The monoisotopic (exact) mass is 371 g/mol. The second kappa shape index (κ2) is 8.66. The fraction of sp³-hybridized carbons (Fsp3) is 0.333. The average molecular weight is 371 g/mol. The van der Waals surface area contributed by atoms with E-state index >= 15 is 0 Å². The van der Waals surface area contributed by atoms with Crippen LogP contribution in [0, 0.1) is 0 Å². The Morgan fingerprint density at radius 3 is 2.19 bits per heavy atom. The normalized spacial score (nSPS) is 11.2. The van der Waals surface area contributed by atoms with Crippen molar-refractivity contribution < 1.29 is 32.1 Å². The predicted molar refractivity (Wildman–Crippen MR) is 89.8 cm³/mol. The van der Waals surface area contributed by atoms with Gasteiger partial charge in [0.05, 0.1) is 21.3 Å². The van der Waals surface area contributed by atoms with E-state index in [0.29, 0.717) is 23.6 Å². The highest BCUT2D eigenvalue weighted by Gasteiger charge is 2.32. The minimum Gasteiger partial charge on any atom is -0.497 e. The van der Waals surface area contributed by atoms with Gasteiger partial charge in [-0.1, -0.05) is 18.2 Å². The Hall–Kier alpha value is -2.61. The van der Waals surface area contributed by atoms with Gasteiger partial charge in [0.15, 0.2) is 11.5 Å². The van der Waals surface area contributed by atoms with Crippen LogP contribution in [0.25, 0.3) is 0 Å². The molecule has 142 valence electrons. The van der Waals surface area contributed by atoms with E-state index in [1.54, 1.807) is 32.4 Å². The number of hydrogen-bond acceptors (Lipinski definition) is 5. The third kappa shape index (κ3) is 5.19. The number of benzene rings is 2. The van der Waals surface area contributed by atoms with Crippen LogP contribution >= 0.6 is 0 Å². The largest absolute Gasteiger partial charge is 0.573 e. The van der Waals surface area contributed by atoms with Crippen LogP contribution in [0.2, 0.25) is 0 Å². The molecular weight excluding hydrogens is 351 g/mol. The van der Waals surface area contributed by atoms with Crippen molar-refractivity contribution >= 4 is 0 Å². The number of hydrogen-bond donors (Lipinski definition) is 1. The first-order valence-corrected chi connectivity index (χ1v) is 7.71. The predicted octanol–water partition coefficient (Wildman–Crippen LogP) is 3.90. The molecule has 0 radical (unpaired) electrons. The maximum Gasteiger partial charge on any atom is 0.573 e. The van der Waals surface area contributed by atoms with Gasteiger partial charge in [-0.3, -0.25) is 0 Å². The van der Waals surface area contributed by atoms with Gasteiger partial charge in [0.2, 0.25) is 0 Å². The number of methoxy groups -OCH3 is 3. The molecule has 0 aromatic heterocycles. The third-order valence-electron chi connectivity index (χ3n) is 3.62. The Kier molecular flexibility index (Phi) is 6.57. The molecule has 5 nitrogen and oxygen atoms in total. The summed E-state index contributed by atoms with van der Waals surface area (Å²) in [7, 11) is 4.42. The summed E-state index contributed by atoms with van der Waals surface area (Å²) in [6.45, 7) is 0.730. The van der Waals surface area contributed by atoms with Crippen molar-refractivity contribution in [2.45, 2.75) is 19.5 Å². The molecule has 0 aliphatic heterocycles. The molecule has 0 heterocycles. The highest BCUT2D eigenvalue weighted by atomic mass is 19.4. The Morgan fingerprint density at radius 1 is 0.846 bits per heavy atom. The summed E-state index contributed by atoms with van der Waals surface area (Å²) >= 11 is 0. The molecule has 0 fully saturated rings. The number of halogens is 3. The van der Waals surface area contributed by atoms with Crippen LogP contribution < -0.4 is 24.3 Å². The molecule has 26 heavy (non-hydrogen) atoms. The second-order valence-electron chi connectivity index (χ2n) is 5.28. The molecule has 0 saturated heterocycles. The van der Waals surface area contributed by atoms with Crippen molar-refractivity contribution in [1.82, 2.24) is 5.32 Å². The zero-order valence-corrected chi connectivity index (χ0v) is 14.6. The van der Waals surface area contributed by atoms with Crippen LogP contribution in [0.3, 0.4) is 0 Å². The Morgan fingerprint density at radius 2 is 1.58 bits per heavy atom. The van der Waals surface area contributed by atoms with Crippen LogP contribution in [0.15, 0.2) is 36.4 Å². The van der Waals surface area contributed by atoms with Crippen molar-refractivity contribution in [3.63, 3.8) is 0 Å². The molecule has 0 unspecified atom stereocenters. The number of ether oxygens (including phenoxy) is 4. The highest BCUT2D eigenvalue weighted by Crippen LogP contribution is 2.35. The van der Waals surface area contributed by atoms with E-state index in [9.17, 15) is 13.2 Å². The summed E-state index contributed by atoms with van der Waals surface area (Å²) in [6, 6.07) is 9.77. The molecule has 1 N–H and O–H groups in total. The van der Waals surface area contributed by atoms with E-state index in [0.717, 1.165) is 5.56 Å². The number of alkyl halides is 3. The Labute approximate surface area is 149 Å². The minimum absolute atomic E-state index is 0.0408. The van der Waals surface area contributed by atoms with E-state index in [2.05, 4.69) is 10.1 Å². The number of nitrogens with one attached hydrogen (secondary N) is 1. The summed E-state index contributed by atoms with van der Waals surface area (Å²) in [4.78, 5) is 0. The first-order valence-electron chi connectivity index (χ1n) is 7.71. The van der Waals surface area contributed by atoms with E-state index in [-0.39, 0.29) is 18.0 Å². The van der Waals surface area contributed by atoms with Crippen LogP contribution in [0.4, 0.5) is 13.2 Å². The van der Waals surface area contributed by atoms with Gasteiger partial charge >= 0.3 is 6.36 Å². The SMILES string of the molecule is COc1ccc(CNCc2cccc(OC(F)(F)F)c2OC)c(OC)c1. The first-order chi connectivity index (χ1) is 12.4. The quantitative estimate of drug-likeness (QED) is 0.763. The molecule has 2 aromatic carbocycles. The zero-order valence-electron chi connectivity index (χ0n) is 14.6. The van der Waals surface area contributed by atoms with Gasteiger partial charge in [0.25, 0.3) is 0 Å². The summed E-state index contributed by atoms with van der Waals surface area (Å²) < 4.78 is 57.0. The van der Waals surface area contributed by atoms with Crippen LogP contribution in [-0.2, 0) is 13.1 Å². The highest BCUT2D eigenvalue weighted by molar-refractivity contribution is 5.47. The van der Waals surface area contributed by atoms with Gasteiger partial charge in [0.1, 0.15) is 11.5 Å². The van der Waals surface area contributed by atoms with Crippen molar-refractivity contribution in [3.8, 4) is 23.0 Å². The van der Waals surface area contributed by atoms with Gasteiger partial charge in [-0.25, -0.2) is 0 Å². The molecular formula is C18H20F3NO4. The molecule has 0 saturated carbocycles. The molecule has 0 bridgehead atoms. The zero-order chi connectivity index (χ0) is 19.2. The van der Waals surface area contributed by atoms with E-state index in [1.807, 2.05) is 6.07 Å². The molecule has 0 aliphatic rings. The average Bonchev–Trinajstić information content (AvgIpc) is 2.60. The summed E-state index contributed by atoms with van der Waals surface area (Å²) in [6.07, 6.45) is -4.78. The third-order valence-corrected chi connectivity index (χ3v) is 3.62. The van der Waals surface area contributed by atoms with E-state index in [4.69, 9.17) is 14.2 Å². The van der Waals surface area contributed by atoms with Crippen LogP contribution in [0.5, 0.6) is 23.0 Å². The molecule has 2 aromatic rings. The second-order valence-corrected chi connectivity index (χ2v) is 5.28. The van der Waals surface area contributed by atoms with Crippen LogP contribution in [-0.4, -0.2) is 27.7 Å². The van der Waals surface area contributed by atoms with E-state index in [1.165, 1.54) is 19.2 Å². The maximum atomic E-state index is 12.5. The Balaban J connectivity index is 2.09. The lowest BCUT2D eigenvalue weighted by Crippen LogP contribution is -2.19. The number of rotatable bonds is 8. The van der Waals surface area contributed by atoms with Crippen molar-refractivity contribution in [2.75, 3.05) is 21.3 Å². The number of para-hydroxylation sites is 1. The summed E-state index contributed by atoms with van der Waals surface area (Å²) in [5.74, 6) is 0.989. The van der Waals surface area contributed by atoms with Gasteiger partial charge in [-0.15, -0.1) is 13.2 Å². The fourth-order valence-corrected chi connectivity index (χ4v) is 2.47. The maximum absolute atomic E-state index is 12.5. The van der Waals surface area contributed by atoms with Gasteiger partial charge in [0, 0.05) is 30.3 Å². The summed E-state index contributed by atoms with van der Waals surface area (Å²) in [5, 5.41) is 3.16. The molecule has 0 aliphatic carbocycles. The standard InChI is InChI=1S/C18H20F3NO4/c1-23-14-8-7-12(16(9-14)24-2)10-22-11-13-5-4-6-15(17(13)25-3)26-18(19,20)21/h4-9,22H,10-11H2,1-3H3. The van der Waals surface area contributed by atoms with Crippen molar-refractivity contribution in [1.29, 1.82) is 0 Å². The van der Waals surface area contributed by atoms with Gasteiger partial charge in [-0.05, 0) is 12.1 Å². The molecule has 0 atom stereocenters. The van der Waals surface area contributed by atoms with Crippen molar-refractivity contribution in [3.05, 3.63) is 47.5 Å². The first kappa shape index (κ1) is 19.7. The lowest BCUT2D eigenvalue weighted by atomic mass is 10.1. The molecule has 8 heteroatoms. The van der Waals surface area contributed by atoms with Gasteiger partial charge in [-0.2, -0.15) is 0 Å². The minimum atomic E-state index is -4.78. The summed E-state index contributed by atoms with van der Waals surface area (Å²) in [5.41, 5.74) is 1.43. The smallest absolute Gasteiger partial charge is 0.497 e. The molecule has 2 rings (SSSR count). The molecule has 0 amide bonds. The van der Waals surface area contributed by atoms with Crippen molar-refractivity contribution in [2.24, 2.45) is 0 Å². The lowest BCUT2D eigenvalue weighted by Gasteiger charge is -2.16.